The molecule has 0 atom stereocenters. The van der Waals surface area contributed by atoms with Crippen LogP contribution in [0.5, 0.6) is 5.75 Å². The van der Waals surface area contributed by atoms with Crippen LogP contribution in [0.1, 0.15) is 69.1 Å². The van der Waals surface area contributed by atoms with Gasteiger partial charge in [-0.25, -0.2) is 0 Å². The van der Waals surface area contributed by atoms with Crippen molar-refractivity contribution in [1.82, 2.24) is 0 Å². The van der Waals surface area contributed by atoms with Crippen LogP contribution in [0.15, 0.2) is 89.9 Å². The van der Waals surface area contributed by atoms with E-state index in [2.05, 4.69) is 84.4 Å². The predicted molar refractivity (Wildman–Crippen MR) is 167 cm³/mol. The molecule has 1 aliphatic carbocycles. The Morgan fingerprint density at radius 1 is 0.744 bits per heavy atom. The largest absolute Gasteiger partial charge is 0.507 e. The van der Waals surface area contributed by atoms with Crippen LogP contribution in [0.4, 0.5) is 11.4 Å². The van der Waals surface area contributed by atoms with Crippen LogP contribution in [0.2, 0.25) is 0 Å². The van der Waals surface area contributed by atoms with Gasteiger partial charge in [0.25, 0.3) is 0 Å². The number of hydrogen-bond acceptors (Lipinski definition) is 3. The fraction of sp³-hybridized carbons (Fsp3) is 0.306. The maximum Gasteiger partial charge on any atom is 0.124 e. The molecule has 3 heteroatoms. The SMILES string of the molecule is CCCCC1(CCCC)c2ccccc2-c2ccc(-c3ccc(O)c(C=Nc4ccc(N(C)C)cc4)c3)cc21. The first-order valence-corrected chi connectivity index (χ1v) is 14.4. The monoisotopic (exact) mass is 516 g/mol. The van der Waals surface area contributed by atoms with Crippen LogP contribution in [-0.4, -0.2) is 25.4 Å². The third kappa shape index (κ3) is 5.23. The summed E-state index contributed by atoms with van der Waals surface area (Å²) in [5.41, 5.74) is 10.8. The molecule has 0 bridgehead atoms. The minimum absolute atomic E-state index is 0.0634. The second-order valence-electron chi connectivity index (χ2n) is 11.0. The Kier molecular flexibility index (Phi) is 7.88. The van der Waals surface area contributed by atoms with Gasteiger partial charge in [0.05, 0.1) is 5.69 Å². The zero-order valence-corrected chi connectivity index (χ0v) is 23.7. The third-order valence-corrected chi connectivity index (χ3v) is 8.26. The normalized spacial score (nSPS) is 13.4. The van der Waals surface area contributed by atoms with E-state index in [1.807, 2.05) is 32.3 Å². The lowest BCUT2D eigenvalue weighted by Gasteiger charge is -2.33. The highest BCUT2D eigenvalue weighted by Gasteiger charge is 2.42. The van der Waals surface area contributed by atoms with Gasteiger partial charge < -0.3 is 10.0 Å². The Labute approximate surface area is 233 Å². The summed E-state index contributed by atoms with van der Waals surface area (Å²) in [4.78, 5) is 6.71. The molecule has 0 heterocycles. The number of rotatable bonds is 10. The fourth-order valence-electron chi connectivity index (χ4n) is 6.07. The van der Waals surface area contributed by atoms with E-state index in [9.17, 15) is 5.11 Å². The van der Waals surface area contributed by atoms with E-state index in [4.69, 9.17) is 0 Å². The molecule has 0 aliphatic heterocycles. The minimum atomic E-state index is 0.0634. The van der Waals surface area contributed by atoms with Crippen molar-refractivity contribution in [2.24, 2.45) is 4.99 Å². The molecule has 200 valence electrons. The maximum absolute atomic E-state index is 10.6. The van der Waals surface area contributed by atoms with Crippen molar-refractivity contribution >= 4 is 17.6 Å². The molecule has 1 N–H and O–H groups in total. The minimum Gasteiger partial charge on any atom is -0.507 e. The molecule has 0 amide bonds. The highest BCUT2D eigenvalue weighted by molar-refractivity contribution is 5.89. The predicted octanol–water partition coefficient (Wildman–Crippen LogP) is 9.52. The zero-order chi connectivity index (χ0) is 27.4. The molecule has 0 spiro atoms. The number of hydrogen-bond donors (Lipinski definition) is 1. The molecule has 5 rings (SSSR count). The number of phenols is 1. The summed E-state index contributed by atoms with van der Waals surface area (Å²) in [5.74, 6) is 0.237. The average molecular weight is 517 g/mol. The quantitative estimate of drug-likeness (QED) is 0.213. The standard InChI is InChI=1S/C36H40N2O/c1-5-7-21-36(22-8-6-2)33-12-10-9-11-31(33)32-19-13-27(24-34(32)36)26-14-20-35(39)28(23-26)25-37-29-15-17-30(18-16-29)38(3)4/h9-20,23-25,39H,5-8,21-22H2,1-4H3. The van der Waals surface area contributed by atoms with Crippen LogP contribution in [0.3, 0.4) is 0 Å². The van der Waals surface area contributed by atoms with Crippen LogP contribution in [0, 0.1) is 0 Å². The van der Waals surface area contributed by atoms with Crippen molar-refractivity contribution in [3.05, 3.63) is 102 Å². The summed E-state index contributed by atoms with van der Waals surface area (Å²) in [6.07, 6.45) is 8.95. The summed E-state index contributed by atoms with van der Waals surface area (Å²) in [7, 11) is 4.05. The van der Waals surface area contributed by atoms with Crippen molar-refractivity contribution in [1.29, 1.82) is 0 Å². The number of nitrogens with zero attached hydrogens (tertiary/aromatic N) is 2. The van der Waals surface area contributed by atoms with Gasteiger partial charge in [-0.05, 0) is 88.7 Å². The maximum atomic E-state index is 10.6. The molecular formula is C36H40N2O. The molecule has 0 fully saturated rings. The molecule has 0 aromatic heterocycles. The van der Waals surface area contributed by atoms with Gasteiger partial charge in [-0.15, -0.1) is 0 Å². The van der Waals surface area contributed by atoms with Gasteiger partial charge in [-0.1, -0.05) is 82.0 Å². The first-order valence-electron chi connectivity index (χ1n) is 14.4. The average Bonchev–Trinajstić information content (AvgIpc) is 3.24. The number of aliphatic imine (C=N–C) groups is 1. The Balaban J connectivity index is 1.53. The van der Waals surface area contributed by atoms with E-state index in [1.54, 1.807) is 12.3 Å². The fourth-order valence-corrected chi connectivity index (χ4v) is 6.07. The Bertz CT molecular complexity index is 1460. The van der Waals surface area contributed by atoms with Crippen LogP contribution < -0.4 is 4.90 Å². The molecule has 3 nitrogen and oxygen atoms in total. The summed E-state index contributed by atoms with van der Waals surface area (Å²) in [6, 6.07) is 30.0. The number of anilines is 1. The number of aromatic hydroxyl groups is 1. The van der Waals surface area contributed by atoms with E-state index < -0.39 is 0 Å². The summed E-state index contributed by atoms with van der Waals surface area (Å²) >= 11 is 0. The second kappa shape index (κ2) is 11.5. The molecule has 1 aliphatic rings. The Morgan fingerprint density at radius 3 is 2.08 bits per heavy atom. The molecule has 0 radical (unpaired) electrons. The van der Waals surface area contributed by atoms with Crippen molar-refractivity contribution < 1.29 is 5.11 Å². The van der Waals surface area contributed by atoms with Crippen LogP contribution in [0.25, 0.3) is 22.3 Å². The summed E-state index contributed by atoms with van der Waals surface area (Å²) < 4.78 is 0. The highest BCUT2D eigenvalue weighted by Crippen LogP contribution is 2.54. The molecular weight excluding hydrogens is 476 g/mol. The lowest BCUT2D eigenvalue weighted by Crippen LogP contribution is -2.25. The van der Waals surface area contributed by atoms with Crippen LogP contribution in [-0.2, 0) is 5.41 Å². The third-order valence-electron chi connectivity index (χ3n) is 8.26. The van der Waals surface area contributed by atoms with Gasteiger partial charge in [0, 0.05) is 37.0 Å². The molecule has 39 heavy (non-hydrogen) atoms. The lowest BCUT2D eigenvalue weighted by atomic mass is 9.70. The van der Waals surface area contributed by atoms with E-state index in [1.165, 1.54) is 66.3 Å². The molecule has 4 aromatic carbocycles. The topological polar surface area (TPSA) is 35.8 Å². The molecule has 4 aromatic rings. The van der Waals surface area contributed by atoms with E-state index in [-0.39, 0.29) is 11.2 Å². The van der Waals surface area contributed by atoms with Gasteiger partial charge in [-0.3, -0.25) is 4.99 Å². The smallest absolute Gasteiger partial charge is 0.124 e. The molecule has 0 saturated carbocycles. The Morgan fingerprint density at radius 2 is 1.38 bits per heavy atom. The Hall–Kier alpha value is -3.85. The lowest BCUT2D eigenvalue weighted by molar-refractivity contribution is 0.414. The number of fused-ring (bicyclic) bond motifs is 3. The van der Waals surface area contributed by atoms with E-state index in [0.29, 0.717) is 0 Å². The summed E-state index contributed by atoms with van der Waals surface area (Å²) in [6.45, 7) is 4.59. The molecule has 0 unspecified atom stereocenters. The van der Waals surface area contributed by atoms with E-state index in [0.717, 1.165) is 22.5 Å². The first-order chi connectivity index (χ1) is 19.0. The van der Waals surface area contributed by atoms with Crippen LogP contribution >= 0.6 is 0 Å². The number of unbranched alkanes of at least 4 members (excludes halogenated alkanes) is 2. The van der Waals surface area contributed by atoms with Crippen molar-refractivity contribution in [3.63, 3.8) is 0 Å². The van der Waals surface area contributed by atoms with Gasteiger partial charge in [0.1, 0.15) is 5.75 Å². The van der Waals surface area contributed by atoms with Gasteiger partial charge in [0.2, 0.25) is 0 Å². The number of phenolic OH excluding ortho intramolecular Hbond substituents is 1. The van der Waals surface area contributed by atoms with Crippen molar-refractivity contribution in [2.45, 2.75) is 57.8 Å². The van der Waals surface area contributed by atoms with Gasteiger partial charge >= 0.3 is 0 Å². The number of benzene rings is 4. The van der Waals surface area contributed by atoms with E-state index >= 15 is 0 Å². The first kappa shape index (κ1) is 26.7. The van der Waals surface area contributed by atoms with Crippen molar-refractivity contribution in [3.8, 4) is 28.0 Å². The summed E-state index contributed by atoms with van der Waals surface area (Å²) in [5, 5.41) is 10.6. The van der Waals surface area contributed by atoms with Gasteiger partial charge in [-0.2, -0.15) is 0 Å². The van der Waals surface area contributed by atoms with Crippen molar-refractivity contribution in [2.75, 3.05) is 19.0 Å². The second-order valence-corrected chi connectivity index (χ2v) is 11.0. The van der Waals surface area contributed by atoms with Gasteiger partial charge in [0.15, 0.2) is 0 Å². The highest BCUT2D eigenvalue weighted by atomic mass is 16.3. The zero-order valence-electron chi connectivity index (χ0n) is 23.7. The molecule has 0 saturated heterocycles.